The number of hydrogen-bond acceptors (Lipinski definition) is 4. The molecule has 0 radical (unpaired) electrons. The molecule has 0 aliphatic heterocycles. The number of primary amides is 1. The Kier molecular flexibility index (Phi) is 6.39. The second-order valence-electron chi connectivity index (χ2n) is 5.21. The third kappa shape index (κ3) is 4.77. The van der Waals surface area contributed by atoms with E-state index in [1.165, 1.54) is 0 Å². The molecule has 0 bridgehead atoms. The van der Waals surface area contributed by atoms with Crippen LogP contribution in [0.2, 0.25) is 0 Å². The summed E-state index contributed by atoms with van der Waals surface area (Å²) >= 11 is 0. The van der Waals surface area contributed by atoms with Gasteiger partial charge in [0.2, 0.25) is 11.8 Å². The summed E-state index contributed by atoms with van der Waals surface area (Å²) in [6.45, 7) is 6.59. The topological polar surface area (TPSA) is 99.2 Å². The normalized spacial score (nSPS) is 11.4. The SMILES string of the molecule is CCN(C[C@@H](C)C#N)C(=O)CNc1ccc(C(N)=O)c(C)c1. The molecular weight excluding hydrogens is 280 g/mol. The molecule has 1 rings (SSSR count). The first kappa shape index (κ1) is 17.5. The van der Waals surface area contributed by atoms with Crippen LogP contribution in [0, 0.1) is 24.2 Å². The smallest absolute Gasteiger partial charge is 0.248 e. The minimum atomic E-state index is -0.470. The zero-order chi connectivity index (χ0) is 16.7. The first-order chi connectivity index (χ1) is 10.4. The zero-order valence-corrected chi connectivity index (χ0v) is 13.2. The number of nitrogens with zero attached hydrogens (tertiary/aromatic N) is 2. The predicted octanol–water partition coefficient (Wildman–Crippen LogP) is 1.51. The van der Waals surface area contributed by atoms with Gasteiger partial charge in [-0.15, -0.1) is 0 Å². The standard InChI is InChI=1S/C16H22N4O2/c1-4-20(10-11(2)8-17)15(21)9-19-13-5-6-14(16(18)22)12(3)7-13/h5-7,11,19H,4,9-10H2,1-3H3,(H2,18,22)/t11-/m0/s1. The molecule has 118 valence electrons. The predicted molar refractivity (Wildman–Crippen MR) is 85.2 cm³/mol. The van der Waals surface area contributed by atoms with Crippen LogP contribution in [-0.2, 0) is 4.79 Å². The molecule has 0 spiro atoms. The highest BCUT2D eigenvalue weighted by molar-refractivity contribution is 5.94. The molecule has 0 saturated carbocycles. The van der Waals surface area contributed by atoms with E-state index in [1.807, 2.05) is 6.92 Å². The van der Waals surface area contributed by atoms with Gasteiger partial charge in [0.25, 0.3) is 0 Å². The molecule has 0 aliphatic rings. The maximum atomic E-state index is 12.1. The van der Waals surface area contributed by atoms with Crippen molar-refractivity contribution in [1.29, 1.82) is 5.26 Å². The summed E-state index contributed by atoms with van der Waals surface area (Å²) in [5.74, 6) is -0.731. The van der Waals surface area contributed by atoms with Gasteiger partial charge >= 0.3 is 0 Å². The van der Waals surface area contributed by atoms with Gasteiger partial charge in [-0.3, -0.25) is 9.59 Å². The van der Waals surface area contributed by atoms with Crippen molar-refractivity contribution in [1.82, 2.24) is 4.90 Å². The first-order valence-electron chi connectivity index (χ1n) is 7.20. The molecule has 6 heteroatoms. The van der Waals surface area contributed by atoms with Crippen LogP contribution in [-0.4, -0.2) is 36.3 Å². The number of carbonyl (C=O) groups excluding carboxylic acids is 2. The summed E-state index contributed by atoms with van der Waals surface area (Å²) in [6.07, 6.45) is 0. The molecule has 1 aromatic rings. The quantitative estimate of drug-likeness (QED) is 0.797. The number of anilines is 1. The summed E-state index contributed by atoms with van der Waals surface area (Å²) in [5, 5.41) is 11.9. The lowest BCUT2D eigenvalue weighted by atomic mass is 10.1. The second-order valence-corrected chi connectivity index (χ2v) is 5.21. The van der Waals surface area contributed by atoms with Crippen LogP contribution >= 0.6 is 0 Å². The average molecular weight is 302 g/mol. The number of rotatable bonds is 7. The average Bonchev–Trinajstić information content (AvgIpc) is 2.49. The summed E-state index contributed by atoms with van der Waals surface area (Å²) in [7, 11) is 0. The van der Waals surface area contributed by atoms with Crippen LogP contribution in [0.4, 0.5) is 5.69 Å². The third-order valence-electron chi connectivity index (χ3n) is 3.38. The Labute approximate surface area is 130 Å². The monoisotopic (exact) mass is 302 g/mol. The van der Waals surface area contributed by atoms with Crippen LogP contribution in [0.5, 0.6) is 0 Å². The van der Waals surface area contributed by atoms with Gasteiger partial charge in [-0.1, -0.05) is 0 Å². The van der Waals surface area contributed by atoms with E-state index in [9.17, 15) is 9.59 Å². The van der Waals surface area contributed by atoms with Gasteiger partial charge < -0.3 is 16.0 Å². The molecule has 0 aromatic heterocycles. The summed E-state index contributed by atoms with van der Waals surface area (Å²) < 4.78 is 0. The summed E-state index contributed by atoms with van der Waals surface area (Å²) in [4.78, 5) is 25.0. The third-order valence-corrected chi connectivity index (χ3v) is 3.38. The van der Waals surface area contributed by atoms with Crippen LogP contribution in [0.3, 0.4) is 0 Å². The molecule has 1 atom stereocenters. The van der Waals surface area contributed by atoms with E-state index >= 15 is 0 Å². The van der Waals surface area contributed by atoms with Crippen molar-refractivity contribution in [2.75, 3.05) is 25.0 Å². The fourth-order valence-electron chi connectivity index (χ4n) is 2.12. The molecule has 0 saturated heterocycles. The molecule has 6 nitrogen and oxygen atoms in total. The van der Waals surface area contributed by atoms with Gasteiger partial charge in [0.1, 0.15) is 0 Å². The Bertz CT molecular complexity index is 592. The molecule has 22 heavy (non-hydrogen) atoms. The number of nitrogens with two attached hydrogens (primary N) is 1. The summed E-state index contributed by atoms with van der Waals surface area (Å²) in [5.41, 5.74) is 7.23. The van der Waals surface area contributed by atoms with Crippen molar-refractivity contribution in [3.63, 3.8) is 0 Å². The van der Waals surface area contributed by atoms with Crippen LogP contribution in [0.1, 0.15) is 29.8 Å². The van der Waals surface area contributed by atoms with Crippen molar-refractivity contribution in [3.05, 3.63) is 29.3 Å². The van der Waals surface area contributed by atoms with Crippen molar-refractivity contribution >= 4 is 17.5 Å². The molecule has 3 N–H and O–H groups in total. The lowest BCUT2D eigenvalue weighted by molar-refractivity contribution is -0.129. The van der Waals surface area contributed by atoms with E-state index in [4.69, 9.17) is 11.0 Å². The molecule has 1 aromatic carbocycles. The van der Waals surface area contributed by atoms with Gasteiger partial charge in [0.05, 0.1) is 18.5 Å². The van der Waals surface area contributed by atoms with E-state index in [0.717, 1.165) is 11.3 Å². The number of nitrogens with one attached hydrogen (secondary N) is 1. The minimum absolute atomic E-state index is 0.0683. The van der Waals surface area contributed by atoms with Gasteiger partial charge in [-0.25, -0.2) is 0 Å². The van der Waals surface area contributed by atoms with Crippen molar-refractivity contribution in [2.45, 2.75) is 20.8 Å². The Balaban J connectivity index is 2.65. The Hall–Kier alpha value is -2.55. The van der Waals surface area contributed by atoms with E-state index in [0.29, 0.717) is 18.7 Å². The van der Waals surface area contributed by atoms with Crippen LogP contribution in [0.25, 0.3) is 0 Å². The van der Waals surface area contributed by atoms with E-state index in [2.05, 4.69) is 11.4 Å². The lowest BCUT2D eigenvalue weighted by Gasteiger charge is -2.22. The highest BCUT2D eigenvalue weighted by Crippen LogP contribution is 2.14. The highest BCUT2D eigenvalue weighted by Gasteiger charge is 2.14. The number of aryl methyl sites for hydroxylation is 1. The number of hydrogen-bond donors (Lipinski definition) is 2. The number of benzene rings is 1. The zero-order valence-electron chi connectivity index (χ0n) is 13.2. The number of nitriles is 1. The Morgan fingerprint density at radius 2 is 2.14 bits per heavy atom. The van der Waals surface area contributed by atoms with Gasteiger partial charge in [-0.05, 0) is 44.5 Å². The molecule has 2 amide bonds. The van der Waals surface area contributed by atoms with E-state index in [1.54, 1.807) is 36.9 Å². The van der Waals surface area contributed by atoms with E-state index < -0.39 is 5.91 Å². The van der Waals surface area contributed by atoms with Crippen molar-refractivity contribution in [2.24, 2.45) is 11.7 Å². The van der Waals surface area contributed by atoms with Gasteiger partial charge in [0, 0.05) is 24.3 Å². The second kappa shape index (κ2) is 8.03. The van der Waals surface area contributed by atoms with Crippen LogP contribution in [0.15, 0.2) is 18.2 Å². The summed E-state index contributed by atoms with van der Waals surface area (Å²) in [6, 6.07) is 7.26. The van der Waals surface area contributed by atoms with E-state index in [-0.39, 0.29) is 18.4 Å². The Morgan fingerprint density at radius 3 is 2.64 bits per heavy atom. The highest BCUT2D eigenvalue weighted by atomic mass is 16.2. The molecule has 0 aliphatic carbocycles. The number of amides is 2. The minimum Gasteiger partial charge on any atom is -0.376 e. The molecule has 0 heterocycles. The molecule has 0 fully saturated rings. The largest absolute Gasteiger partial charge is 0.376 e. The fraction of sp³-hybridized carbons (Fsp3) is 0.438. The maximum absolute atomic E-state index is 12.1. The van der Waals surface area contributed by atoms with Gasteiger partial charge in [0.15, 0.2) is 0 Å². The van der Waals surface area contributed by atoms with Gasteiger partial charge in [-0.2, -0.15) is 5.26 Å². The van der Waals surface area contributed by atoms with Crippen molar-refractivity contribution in [3.8, 4) is 6.07 Å². The maximum Gasteiger partial charge on any atom is 0.248 e. The number of carbonyl (C=O) groups is 2. The fourth-order valence-corrected chi connectivity index (χ4v) is 2.12. The molecular formula is C16H22N4O2. The first-order valence-corrected chi connectivity index (χ1v) is 7.20. The Morgan fingerprint density at radius 1 is 1.45 bits per heavy atom. The lowest BCUT2D eigenvalue weighted by Crippen LogP contribution is -2.38. The number of likely N-dealkylation sites (N-methyl/N-ethyl adjacent to an activating group) is 1. The van der Waals surface area contributed by atoms with Crippen molar-refractivity contribution < 1.29 is 9.59 Å². The van der Waals surface area contributed by atoms with Crippen LogP contribution < -0.4 is 11.1 Å². The molecule has 0 unspecified atom stereocenters.